The standard InChI is InChI=1S/C38H44N8O5/c1-23(39)45-19-17-28(18-20-45)51-27-14-12-26(13-15-27)46(37(48)29-9-5-6-10-30(29)38(49)50)33(22-34(47)42-25-7-3-2-4-8-25)36-43-31-16-11-24(35(40)41)21-32(31)44-36/h5-6,9-16,21,25,28,33,39H,2-4,7-8,17-20,22H2,1H3,(H3,40,41)(H,42,47)(H,43,44)(H,49,50). The number of H-pyrrole nitrogens is 1. The number of fused-ring (bicyclic) bond motifs is 1. The molecule has 1 saturated carbocycles. The fraction of sp³-hybridized carbons (Fsp3) is 0.368. The quantitative estimate of drug-likeness (QED) is 0.0859. The highest BCUT2D eigenvalue weighted by atomic mass is 16.5. The zero-order valence-electron chi connectivity index (χ0n) is 28.7. The molecule has 4 aromatic rings. The second-order valence-corrected chi connectivity index (χ2v) is 13.3. The third-order valence-corrected chi connectivity index (χ3v) is 9.73. The van der Waals surface area contributed by atoms with Gasteiger partial charge >= 0.3 is 5.97 Å². The van der Waals surface area contributed by atoms with Gasteiger partial charge in [-0.2, -0.15) is 0 Å². The van der Waals surface area contributed by atoms with E-state index in [-0.39, 0.29) is 41.4 Å². The maximum absolute atomic E-state index is 14.7. The van der Waals surface area contributed by atoms with Crippen LogP contribution in [0.3, 0.4) is 0 Å². The molecule has 13 heteroatoms. The summed E-state index contributed by atoms with van der Waals surface area (Å²) in [5.74, 6) is -0.773. The lowest BCUT2D eigenvalue weighted by atomic mass is 9.95. The number of nitrogen functional groups attached to an aromatic ring is 1. The molecule has 2 amide bonds. The van der Waals surface area contributed by atoms with Crippen molar-refractivity contribution in [2.45, 2.75) is 76.5 Å². The SMILES string of the molecule is CC(=N)N1CCC(Oc2ccc(N(C(=O)c3ccccc3C(=O)O)C(CC(=O)NC3CCCCC3)c3nc4ccc(C(=N)N)cc4[nH]3)cc2)CC1. The summed E-state index contributed by atoms with van der Waals surface area (Å²) in [5, 5.41) is 29.0. The average molecular weight is 693 g/mol. The molecule has 6 rings (SSSR count). The molecule has 1 unspecified atom stereocenters. The minimum absolute atomic E-state index is 0.0293. The number of likely N-dealkylation sites (tertiary alicyclic amines) is 1. The highest BCUT2D eigenvalue weighted by Gasteiger charge is 2.34. The first kappa shape index (κ1) is 35.1. The minimum atomic E-state index is -1.25. The van der Waals surface area contributed by atoms with Crippen molar-refractivity contribution in [3.63, 3.8) is 0 Å². The van der Waals surface area contributed by atoms with Crippen LogP contribution < -0.4 is 20.7 Å². The topological polar surface area (TPSA) is 202 Å². The second kappa shape index (κ2) is 15.4. The van der Waals surface area contributed by atoms with Gasteiger partial charge in [0.1, 0.15) is 29.6 Å². The lowest BCUT2D eigenvalue weighted by Gasteiger charge is -2.33. The fourth-order valence-electron chi connectivity index (χ4n) is 6.99. The lowest BCUT2D eigenvalue weighted by Crippen LogP contribution is -2.42. The van der Waals surface area contributed by atoms with Gasteiger partial charge in [0.15, 0.2) is 0 Å². The molecule has 1 saturated heterocycles. The first-order valence-electron chi connectivity index (χ1n) is 17.4. The van der Waals surface area contributed by atoms with E-state index in [1.54, 1.807) is 61.5 Å². The number of hydrogen-bond donors (Lipinski definition) is 6. The number of carboxylic acid groups (broad SMARTS) is 1. The molecule has 1 aliphatic heterocycles. The molecule has 1 aliphatic carbocycles. The van der Waals surface area contributed by atoms with Gasteiger partial charge in [-0.1, -0.05) is 31.4 Å². The van der Waals surface area contributed by atoms with Gasteiger partial charge in [0.2, 0.25) is 5.91 Å². The molecule has 0 bridgehead atoms. The van der Waals surface area contributed by atoms with Crippen LogP contribution in [0.5, 0.6) is 5.75 Å². The number of imidazole rings is 1. The van der Waals surface area contributed by atoms with Gasteiger partial charge in [-0.25, -0.2) is 9.78 Å². The van der Waals surface area contributed by atoms with Crippen molar-refractivity contribution in [3.05, 3.63) is 89.2 Å². The Morgan fingerprint density at radius 1 is 1.00 bits per heavy atom. The van der Waals surface area contributed by atoms with E-state index in [4.69, 9.17) is 26.3 Å². The molecule has 13 nitrogen and oxygen atoms in total. The summed E-state index contributed by atoms with van der Waals surface area (Å²) in [7, 11) is 0. The number of rotatable bonds is 11. The van der Waals surface area contributed by atoms with Crippen molar-refractivity contribution in [2.24, 2.45) is 5.73 Å². The maximum Gasteiger partial charge on any atom is 0.336 e. The summed E-state index contributed by atoms with van der Waals surface area (Å²) >= 11 is 0. The molecular formula is C38H44N8O5. The number of amides is 2. The Balaban J connectivity index is 1.39. The summed E-state index contributed by atoms with van der Waals surface area (Å²) in [5.41, 5.74) is 7.59. The predicted octanol–water partition coefficient (Wildman–Crippen LogP) is 5.61. The smallest absolute Gasteiger partial charge is 0.336 e. The van der Waals surface area contributed by atoms with Gasteiger partial charge in [-0.15, -0.1) is 0 Å². The number of carbonyl (C=O) groups excluding carboxylic acids is 2. The van der Waals surface area contributed by atoms with Crippen molar-refractivity contribution in [2.75, 3.05) is 18.0 Å². The van der Waals surface area contributed by atoms with Crippen molar-refractivity contribution in [3.8, 4) is 5.75 Å². The molecule has 2 heterocycles. The van der Waals surface area contributed by atoms with E-state index >= 15 is 0 Å². The molecular weight excluding hydrogens is 648 g/mol. The highest BCUT2D eigenvalue weighted by molar-refractivity contribution is 6.12. The largest absolute Gasteiger partial charge is 0.490 e. The third-order valence-electron chi connectivity index (χ3n) is 9.73. The fourth-order valence-corrected chi connectivity index (χ4v) is 6.99. The Bertz CT molecular complexity index is 1930. The maximum atomic E-state index is 14.7. The summed E-state index contributed by atoms with van der Waals surface area (Å²) in [6.07, 6.45) is 6.30. The molecule has 1 aromatic heterocycles. The molecule has 2 fully saturated rings. The molecule has 1 atom stereocenters. The van der Waals surface area contributed by atoms with Crippen LogP contribution in [-0.4, -0.2) is 74.7 Å². The van der Waals surface area contributed by atoms with Gasteiger partial charge in [0.05, 0.1) is 34.4 Å². The lowest BCUT2D eigenvalue weighted by molar-refractivity contribution is -0.122. The number of aromatic nitrogens is 2. The van der Waals surface area contributed by atoms with Crippen LogP contribution in [0.1, 0.15) is 96.4 Å². The summed E-state index contributed by atoms with van der Waals surface area (Å²) in [6, 6.07) is 17.2. The predicted molar refractivity (Wildman–Crippen MR) is 195 cm³/mol. The van der Waals surface area contributed by atoms with Crippen LogP contribution in [0, 0.1) is 10.8 Å². The molecule has 2 aliphatic rings. The van der Waals surface area contributed by atoms with E-state index in [1.807, 2.05) is 4.90 Å². The van der Waals surface area contributed by atoms with Crippen LogP contribution in [0.2, 0.25) is 0 Å². The van der Waals surface area contributed by atoms with Gasteiger partial charge in [-0.05, 0) is 74.4 Å². The van der Waals surface area contributed by atoms with Crippen LogP contribution in [-0.2, 0) is 4.79 Å². The second-order valence-electron chi connectivity index (χ2n) is 13.3. The highest BCUT2D eigenvalue weighted by Crippen LogP contribution is 2.34. The number of aromatic carboxylic acids is 1. The van der Waals surface area contributed by atoms with Crippen molar-refractivity contribution in [1.29, 1.82) is 10.8 Å². The monoisotopic (exact) mass is 692 g/mol. The Morgan fingerprint density at radius 2 is 1.69 bits per heavy atom. The van der Waals surface area contributed by atoms with E-state index in [1.165, 1.54) is 17.0 Å². The van der Waals surface area contributed by atoms with E-state index in [0.717, 1.165) is 58.0 Å². The number of carboxylic acids is 1. The zero-order chi connectivity index (χ0) is 36.1. The number of hydrogen-bond acceptors (Lipinski definition) is 7. The van der Waals surface area contributed by atoms with Crippen molar-refractivity contribution >= 4 is 46.2 Å². The molecule has 7 N–H and O–H groups in total. The number of benzene rings is 3. The van der Waals surface area contributed by atoms with E-state index in [2.05, 4.69) is 10.3 Å². The number of piperidine rings is 1. The van der Waals surface area contributed by atoms with Gasteiger partial charge < -0.3 is 30.8 Å². The Morgan fingerprint density at radius 3 is 2.33 bits per heavy atom. The Hall–Kier alpha value is -5.72. The molecule has 0 spiro atoms. The summed E-state index contributed by atoms with van der Waals surface area (Å²) < 4.78 is 6.29. The number of aromatic amines is 1. The van der Waals surface area contributed by atoms with Gasteiger partial charge in [0.25, 0.3) is 5.91 Å². The molecule has 266 valence electrons. The number of nitrogens with two attached hydrogens (primary N) is 1. The first-order chi connectivity index (χ1) is 24.6. The number of nitrogens with zero attached hydrogens (tertiary/aromatic N) is 3. The Labute approximate surface area is 296 Å². The number of nitrogens with one attached hydrogen (secondary N) is 4. The zero-order valence-corrected chi connectivity index (χ0v) is 28.7. The first-order valence-corrected chi connectivity index (χ1v) is 17.4. The van der Waals surface area contributed by atoms with Crippen LogP contribution in [0.15, 0.2) is 66.7 Å². The van der Waals surface area contributed by atoms with E-state index < -0.39 is 17.9 Å². The van der Waals surface area contributed by atoms with Crippen molar-refractivity contribution < 1.29 is 24.2 Å². The number of carbonyl (C=O) groups is 3. The average Bonchev–Trinajstić information content (AvgIpc) is 3.56. The number of anilines is 1. The van der Waals surface area contributed by atoms with Crippen molar-refractivity contribution in [1.82, 2.24) is 20.2 Å². The van der Waals surface area contributed by atoms with E-state index in [9.17, 15) is 19.5 Å². The van der Waals surface area contributed by atoms with E-state index in [0.29, 0.717) is 39.7 Å². The summed E-state index contributed by atoms with van der Waals surface area (Å²) in [4.78, 5) is 52.3. The van der Waals surface area contributed by atoms with Crippen LogP contribution in [0.25, 0.3) is 11.0 Å². The summed E-state index contributed by atoms with van der Waals surface area (Å²) in [6.45, 7) is 3.25. The molecule has 51 heavy (non-hydrogen) atoms. The molecule has 3 aromatic carbocycles. The van der Waals surface area contributed by atoms with Gasteiger partial charge in [0, 0.05) is 43.2 Å². The van der Waals surface area contributed by atoms with Gasteiger partial charge in [-0.3, -0.25) is 25.3 Å². The van der Waals surface area contributed by atoms with Crippen LogP contribution in [0.4, 0.5) is 5.69 Å². The minimum Gasteiger partial charge on any atom is -0.490 e. The Kier molecular flexibility index (Phi) is 10.6. The third kappa shape index (κ3) is 8.19. The van der Waals surface area contributed by atoms with Crippen LogP contribution >= 0.6 is 0 Å². The molecule has 0 radical (unpaired) electrons. The normalized spacial score (nSPS) is 16.0. The number of ether oxygens (including phenoxy) is 1. The number of amidine groups is 2.